The molecule has 26 heavy (non-hydrogen) atoms. The van der Waals surface area contributed by atoms with Crippen LogP contribution in [0.1, 0.15) is 33.3 Å². The fraction of sp³-hybridized carbons (Fsp3) is 0.286. The fourth-order valence-corrected chi connectivity index (χ4v) is 3.19. The van der Waals surface area contributed by atoms with E-state index in [-0.39, 0.29) is 0 Å². The predicted molar refractivity (Wildman–Crippen MR) is 104 cm³/mol. The molecule has 1 aromatic heterocycles. The largest absolute Gasteiger partial charge is 0.525 e. The highest BCUT2D eigenvalue weighted by atomic mass is 19.1. The van der Waals surface area contributed by atoms with Gasteiger partial charge in [0.2, 0.25) is 0 Å². The standard InChI is InChI=1S/C21H21BFNO2/c1-20(2)21(3,4)26-22(25-20)19(23)13-16-14-9-5-7-11-17(14)24-18-12-8-6-10-15(16)18/h5-13H,1-4H3. The van der Waals surface area contributed by atoms with Crippen molar-refractivity contribution in [3.63, 3.8) is 0 Å². The van der Waals surface area contributed by atoms with E-state index < -0.39 is 24.0 Å². The van der Waals surface area contributed by atoms with Gasteiger partial charge in [0.15, 0.2) is 0 Å². The van der Waals surface area contributed by atoms with Gasteiger partial charge >= 0.3 is 7.12 Å². The van der Waals surface area contributed by atoms with Gasteiger partial charge in [-0.3, -0.25) is 0 Å². The molecular formula is C21H21BFNO2. The molecule has 1 fully saturated rings. The van der Waals surface area contributed by atoms with Crippen LogP contribution in [0.25, 0.3) is 27.9 Å². The molecule has 2 heterocycles. The van der Waals surface area contributed by atoms with Gasteiger partial charge in [-0.1, -0.05) is 36.4 Å². The van der Waals surface area contributed by atoms with Gasteiger partial charge in [-0.25, -0.2) is 9.37 Å². The Kier molecular flexibility index (Phi) is 3.90. The van der Waals surface area contributed by atoms with E-state index in [1.54, 1.807) is 0 Å². The van der Waals surface area contributed by atoms with E-state index in [4.69, 9.17) is 9.31 Å². The summed E-state index contributed by atoms with van der Waals surface area (Å²) in [6, 6.07) is 15.5. The molecule has 0 radical (unpaired) electrons. The smallest absolute Gasteiger partial charge is 0.398 e. The second-order valence-corrected chi connectivity index (χ2v) is 7.68. The molecule has 1 aliphatic rings. The SMILES string of the molecule is CC1(C)OB(C(F)=Cc2c3ccccc3nc3ccccc23)OC1(C)C. The van der Waals surface area contributed by atoms with Crippen LogP contribution in [0.3, 0.4) is 0 Å². The number of hydrogen-bond acceptors (Lipinski definition) is 3. The first kappa shape index (κ1) is 17.2. The number of fused-ring (bicyclic) bond motifs is 2. The highest BCUT2D eigenvalue weighted by molar-refractivity contribution is 6.54. The molecule has 4 rings (SSSR count). The topological polar surface area (TPSA) is 31.4 Å². The van der Waals surface area contributed by atoms with E-state index in [9.17, 15) is 0 Å². The first-order valence-corrected chi connectivity index (χ1v) is 8.79. The fourth-order valence-electron chi connectivity index (χ4n) is 3.19. The molecule has 0 bridgehead atoms. The van der Waals surface area contributed by atoms with Crippen LogP contribution in [0.2, 0.25) is 0 Å². The van der Waals surface area contributed by atoms with Crippen molar-refractivity contribution in [2.24, 2.45) is 0 Å². The summed E-state index contributed by atoms with van der Waals surface area (Å²) in [5, 5.41) is 1.80. The van der Waals surface area contributed by atoms with Crippen LogP contribution in [-0.2, 0) is 9.31 Å². The summed E-state index contributed by atoms with van der Waals surface area (Å²) in [5.74, 6) is 0. The Morgan fingerprint density at radius 3 is 1.85 bits per heavy atom. The minimum atomic E-state index is -1.01. The van der Waals surface area contributed by atoms with Crippen LogP contribution in [0.5, 0.6) is 0 Å². The summed E-state index contributed by atoms with van der Waals surface area (Å²) in [6.07, 6.45) is 1.52. The number of aromatic nitrogens is 1. The molecule has 2 aromatic carbocycles. The average molecular weight is 349 g/mol. The van der Waals surface area contributed by atoms with Crippen LogP contribution in [0, 0.1) is 0 Å². The molecule has 5 heteroatoms. The maximum Gasteiger partial charge on any atom is 0.525 e. The monoisotopic (exact) mass is 349 g/mol. The third-order valence-corrected chi connectivity index (χ3v) is 5.39. The normalized spacial score (nSPS) is 19.4. The second-order valence-electron chi connectivity index (χ2n) is 7.68. The minimum Gasteiger partial charge on any atom is -0.398 e. The Balaban J connectivity index is 1.87. The molecule has 0 amide bonds. The summed E-state index contributed by atoms with van der Waals surface area (Å²) < 4.78 is 26.8. The zero-order chi connectivity index (χ0) is 18.5. The zero-order valence-electron chi connectivity index (χ0n) is 15.4. The summed E-state index contributed by atoms with van der Waals surface area (Å²) >= 11 is 0. The van der Waals surface area contributed by atoms with Crippen LogP contribution in [-0.4, -0.2) is 23.3 Å². The van der Waals surface area contributed by atoms with Crippen molar-refractivity contribution in [2.45, 2.75) is 38.9 Å². The molecule has 0 spiro atoms. The first-order chi connectivity index (χ1) is 12.3. The molecule has 1 aliphatic heterocycles. The number of benzene rings is 2. The Hall–Kier alpha value is -2.24. The van der Waals surface area contributed by atoms with Crippen molar-refractivity contribution < 1.29 is 13.7 Å². The van der Waals surface area contributed by atoms with Crippen molar-refractivity contribution in [3.05, 3.63) is 59.8 Å². The number of hydrogen-bond donors (Lipinski definition) is 0. The van der Waals surface area contributed by atoms with E-state index >= 15 is 4.39 Å². The van der Waals surface area contributed by atoms with Crippen molar-refractivity contribution >= 4 is 35.0 Å². The third-order valence-electron chi connectivity index (χ3n) is 5.39. The van der Waals surface area contributed by atoms with Crippen molar-refractivity contribution in [2.75, 3.05) is 0 Å². The summed E-state index contributed by atoms with van der Waals surface area (Å²) in [6.45, 7) is 7.66. The summed E-state index contributed by atoms with van der Waals surface area (Å²) in [7, 11) is -1.01. The Labute approximate surface area is 153 Å². The van der Waals surface area contributed by atoms with Crippen LogP contribution in [0.4, 0.5) is 4.39 Å². The number of para-hydroxylation sites is 2. The van der Waals surface area contributed by atoms with Crippen molar-refractivity contribution in [3.8, 4) is 0 Å². The quantitative estimate of drug-likeness (QED) is 0.463. The minimum absolute atomic E-state index is 0.440. The van der Waals surface area contributed by atoms with Gasteiger partial charge in [-0.2, -0.15) is 0 Å². The number of rotatable bonds is 2. The molecule has 0 saturated carbocycles. The Morgan fingerprint density at radius 2 is 1.35 bits per heavy atom. The Morgan fingerprint density at radius 1 is 0.885 bits per heavy atom. The molecule has 0 N–H and O–H groups in total. The molecule has 0 unspecified atom stereocenters. The average Bonchev–Trinajstić information content (AvgIpc) is 2.82. The van der Waals surface area contributed by atoms with E-state index in [2.05, 4.69) is 4.98 Å². The lowest BCUT2D eigenvalue weighted by atomic mass is 9.86. The molecule has 1 saturated heterocycles. The molecule has 132 valence electrons. The number of halogens is 1. The number of nitrogens with zero attached hydrogens (tertiary/aromatic N) is 1. The molecule has 0 atom stereocenters. The van der Waals surface area contributed by atoms with Crippen LogP contribution >= 0.6 is 0 Å². The van der Waals surface area contributed by atoms with Gasteiger partial charge in [-0.15, -0.1) is 0 Å². The van der Waals surface area contributed by atoms with E-state index in [1.807, 2.05) is 76.2 Å². The van der Waals surface area contributed by atoms with E-state index in [1.165, 1.54) is 6.08 Å². The highest BCUT2D eigenvalue weighted by Crippen LogP contribution is 2.39. The van der Waals surface area contributed by atoms with Gasteiger partial charge in [0, 0.05) is 10.8 Å². The maximum absolute atomic E-state index is 15.1. The second kappa shape index (κ2) is 5.90. The van der Waals surface area contributed by atoms with Gasteiger partial charge < -0.3 is 9.31 Å². The van der Waals surface area contributed by atoms with Crippen molar-refractivity contribution in [1.29, 1.82) is 0 Å². The molecular weight excluding hydrogens is 328 g/mol. The molecule has 0 aliphatic carbocycles. The van der Waals surface area contributed by atoms with Gasteiger partial charge in [-0.05, 0) is 51.5 Å². The predicted octanol–water partition coefficient (Wildman–Crippen LogP) is 5.33. The van der Waals surface area contributed by atoms with Crippen molar-refractivity contribution in [1.82, 2.24) is 4.98 Å². The zero-order valence-corrected chi connectivity index (χ0v) is 15.4. The maximum atomic E-state index is 15.1. The lowest BCUT2D eigenvalue weighted by Crippen LogP contribution is -2.41. The summed E-state index contributed by atoms with van der Waals surface area (Å²) in [5.41, 5.74) is 0.859. The van der Waals surface area contributed by atoms with E-state index in [0.29, 0.717) is 0 Å². The first-order valence-electron chi connectivity index (χ1n) is 8.79. The molecule has 3 nitrogen and oxygen atoms in total. The lowest BCUT2D eigenvalue weighted by Gasteiger charge is -2.32. The van der Waals surface area contributed by atoms with Gasteiger partial charge in [0.1, 0.15) is 5.73 Å². The summed E-state index contributed by atoms with van der Waals surface area (Å²) in [4.78, 5) is 4.68. The lowest BCUT2D eigenvalue weighted by molar-refractivity contribution is 0.00578. The van der Waals surface area contributed by atoms with Gasteiger partial charge in [0.25, 0.3) is 0 Å². The van der Waals surface area contributed by atoms with Gasteiger partial charge in [0.05, 0.1) is 22.2 Å². The Bertz CT molecular complexity index is 959. The van der Waals surface area contributed by atoms with E-state index in [0.717, 1.165) is 27.4 Å². The van der Waals surface area contributed by atoms with Crippen LogP contribution in [0.15, 0.2) is 54.3 Å². The third kappa shape index (κ3) is 2.72. The highest BCUT2D eigenvalue weighted by Gasteiger charge is 2.53. The van der Waals surface area contributed by atoms with Crippen LogP contribution < -0.4 is 0 Å². The molecule has 3 aromatic rings. The number of pyridine rings is 1.